The van der Waals surface area contributed by atoms with E-state index in [2.05, 4.69) is 27.6 Å². The first-order valence-corrected chi connectivity index (χ1v) is 13.5. The zero-order valence-electron chi connectivity index (χ0n) is 19.5. The van der Waals surface area contributed by atoms with E-state index < -0.39 is 0 Å². The molecule has 2 heterocycles. The van der Waals surface area contributed by atoms with Gasteiger partial charge in [0.1, 0.15) is 0 Å². The first-order chi connectivity index (χ1) is 17.7. The number of para-hydroxylation sites is 2. The second kappa shape index (κ2) is 11.4. The third-order valence-electron chi connectivity index (χ3n) is 5.75. The van der Waals surface area contributed by atoms with Crippen LogP contribution in [0.25, 0.3) is 10.2 Å². The first-order valence-electron chi connectivity index (χ1n) is 11.7. The van der Waals surface area contributed by atoms with Crippen molar-refractivity contribution in [2.24, 2.45) is 0 Å². The molecule has 0 aliphatic rings. The van der Waals surface area contributed by atoms with E-state index in [-0.39, 0.29) is 16.5 Å². The predicted molar refractivity (Wildman–Crippen MR) is 146 cm³/mol. The highest BCUT2D eigenvalue weighted by Crippen LogP contribution is 2.22. The Morgan fingerprint density at radius 1 is 0.889 bits per heavy atom. The van der Waals surface area contributed by atoms with Gasteiger partial charge in [-0.1, -0.05) is 83.8 Å². The molecule has 3 aromatic carbocycles. The largest absolute Gasteiger partial charge is 0.325 e. The number of thioether (sulfide) groups is 1. The van der Waals surface area contributed by atoms with Gasteiger partial charge in [-0.15, -0.1) is 10.2 Å². The van der Waals surface area contributed by atoms with E-state index >= 15 is 0 Å². The lowest BCUT2D eigenvalue weighted by Crippen LogP contribution is -2.18. The summed E-state index contributed by atoms with van der Waals surface area (Å²) in [7, 11) is 0. The standard InChI is InChI=1S/C27H25N5O2S2/c33-25(28-21-13-5-2-6-14-21)19-35-26-30-29-24(31(26)17-9-12-20-10-3-1-4-11-20)18-32-22-15-7-8-16-23(22)36-27(32)34/h1-8,10-11,13-16H,9,12,17-19H2,(H,28,33). The van der Waals surface area contributed by atoms with Crippen LogP contribution in [0.1, 0.15) is 17.8 Å². The summed E-state index contributed by atoms with van der Waals surface area (Å²) >= 11 is 2.59. The van der Waals surface area contributed by atoms with Crippen LogP contribution in [0.15, 0.2) is 94.9 Å². The smallest absolute Gasteiger partial charge is 0.308 e. The maximum Gasteiger partial charge on any atom is 0.308 e. The Morgan fingerprint density at radius 2 is 1.61 bits per heavy atom. The lowest BCUT2D eigenvalue weighted by Gasteiger charge is -2.11. The number of aryl methyl sites for hydroxylation is 1. The molecule has 9 heteroatoms. The maximum atomic E-state index is 12.7. The molecule has 0 fully saturated rings. The average Bonchev–Trinajstić information content (AvgIpc) is 3.44. The summed E-state index contributed by atoms with van der Waals surface area (Å²) in [6.07, 6.45) is 1.80. The normalized spacial score (nSPS) is 11.1. The lowest BCUT2D eigenvalue weighted by molar-refractivity contribution is -0.113. The highest BCUT2D eigenvalue weighted by molar-refractivity contribution is 7.99. The number of thiazole rings is 1. The van der Waals surface area contributed by atoms with Crippen LogP contribution in [0.2, 0.25) is 0 Å². The van der Waals surface area contributed by atoms with E-state index in [0.29, 0.717) is 24.1 Å². The number of nitrogens with zero attached hydrogens (tertiary/aromatic N) is 4. The molecule has 0 saturated heterocycles. The number of aromatic nitrogens is 4. The van der Waals surface area contributed by atoms with Crippen LogP contribution in [-0.4, -0.2) is 31.0 Å². The van der Waals surface area contributed by atoms with Crippen molar-refractivity contribution in [1.82, 2.24) is 19.3 Å². The quantitative estimate of drug-likeness (QED) is 0.263. The van der Waals surface area contributed by atoms with Crippen LogP contribution in [0.5, 0.6) is 0 Å². The minimum absolute atomic E-state index is 0.0218. The van der Waals surface area contributed by atoms with Crippen molar-refractivity contribution in [2.75, 3.05) is 11.1 Å². The van der Waals surface area contributed by atoms with Crippen molar-refractivity contribution >= 4 is 44.9 Å². The van der Waals surface area contributed by atoms with Crippen LogP contribution in [0.3, 0.4) is 0 Å². The number of hydrogen-bond donors (Lipinski definition) is 1. The molecule has 0 spiro atoms. The van der Waals surface area contributed by atoms with Crippen LogP contribution < -0.4 is 10.2 Å². The summed E-state index contributed by atoms with van der Waals surface area (Å²) < 4.78 is 4.74. The van der Waals surface area contributed by atoms with E-state index in [9.17, 15) is 9.59 Å². The van der Waals surface area contributed by atoms with E-state index in [1.807, 2.05) is 77.4 Å². The summed E-state index contributed by atoms with van der Waals surface area (Å²) in [5.41, 5.74) is 2.92. The van der Waals surface area contributed by atoms with Gasteiger partial charge >= 0.3 is 4.87 Å². The highest BCUT2D eigenvalue weighted by Gasteiger charge is 2.17. The average molecular weight is 516 g/mol. The fraction of sp³-hybridized carbons (Fsp3) is 0.185. The maximum absolute atomic E-state index is 12.7. The van der Waals surface area contributed by atoms with Crippen molar-refractivity contribution in [1.29, 1.82) is 0 Å². The van der Waals surface area contributed by atoms with E-state index in [4.69, 9.17) is 0 Å². The van der Waals surface area contributed by atoms with Gasteiger partial charge in [-0.05, 0) is 42.7 Å². The van der Waals surface area contributed by atoms with Crippen molar-refractivity contribution in [3.63, 3.8) is 0 Å². The van der Waals surface area contributed by atoms with Gasteiger partial charge in [0.2, 0.25) is 5.91 Å². The molecular formula is C27H25N5O2S2. The number of benzene rings is 3. The van der Waals surface area contributed by atoms with Crippen LogP contribution in [0, 0.1) is 0 Å². The van der Waals surface area contributed by atoms with Crippen LogP contribution in [0.4, 0.5) is 5.69 Å². The Kier molecular flexibility index (Phi) is 7.58. The van der Waals surface area contributed by atoms with Crippen molar-refractivity contribution in [3.05, 3.63) is 106 Å². The molecular weight excluding hydrogens is 490 g/mol. The molecule has 0 unspecified atom stereocenters. The molecule has 0 radical (unpaired) electrons. The van der Waals surface area contributed by atoms with E-state index in [1.54, 1.807) is 4.57 Å². The fourth-order valence-electron chi connectivity index (χ4n) is 4.01. The van der Waals surface area contributed by atoms with Crippen molar-refractivity contribution < 1.29 is 4.79 Å². The molecule has 0 aliphatic carbocycles. The highest BCUT2D eigenvalue weighted by atomic mass is 32.2. The van der Waals surface area contributed by atoms with Gasteiger partial charge in [0.05, 0.1) is 22.5 Å². The molecule has 0 bridgehead atoms. The van der Waals surface area contributed by atoms with Gasteiger partial charge in [-0.25, -0.2) is 0 Å². The van der Waals surface area contributed by atoms with E-state index in [0.717, 1.165) is 28.7 Å². The Hall–Kier alpha value is -3.69. The number of amides is 1. The third kappa shape index (κ3) is 5.75. The monoisotopic (exact) mass is 515 g/mol. The van der Waals surface area contributed by atoms with Gasteiger partial charge in [0, 0.05) is 12.2 Å². The molecule has 5 rings (SSSR count). The van der Waals surface area contributed by atoms with Gasteiger partial charge in [0.25, 0.3) is 0 Å². The summed E-state index contributed by atoms with van der Waals surface area (Å²) in [4.78, 5) is 25.2. The van der Waals surface area contributed by atoms with E-state index in [1.165, 1.54) is 28.7 Å². The van der Waals surface area contributed by atoms with Gasteiger partial charge in [-0.2, -0.15) is 0 Å². The molecule has 36 heavy (non-hydrogen) atoms. The number of carbonyl (C=O) groups is 1. The number of fused-ring (bicyclic) bond motifs is 1. The second-order valence-electron chi connectivity index (χ2n) is 8.26. The van der Waals surface area contributed by atoms with Crippen LogP contribution >= 0.6 is 23.1 Å². The minimum Gasteiger partial charge on any atom is -0.325 e. The fourth-order valence-corrected chi connectivity index (χ4v) is 5.68. The van der Waals surface area contributed by atoms with Crippen molar-refractivity contribution in [2.45, 2.75) is 31.1 Å². The molecule has 0 saturated carbocycles. The number of hydrogen-bond acceptors (Lipinski definition) is 6. The number of nitrogens with one attached hydrogen (secondary N) is 1. The molecule has 1 N–H and O–H groups in total. The molecule has 0 atom stereocenters. The summed E-state index contributed by atoms with van der Waals surface area (Å²) in [5.74, 6) is 0.818. The summed E-state index contributed by atoms with van der Waals surface area (Å²) in [5, 5.41) is 12.4. The third-order valence-corrected chi connectivity index (χ3v) is 7.67. The van der Waals surface area contributed by atoms with Gasteiger partial charge in [-0.3, -0.25) is 14.2 Å². The molecule has 1 amide bonds. The topological polar surface area (TPSA) is 81.8 Å². The van der Waals surface area contributed by atoms with Gasteiger partial charge < -0.3 is 9.88 Å². The molecule has 7 nitrogen and oxygen atoms in total. The second-order valence-corrected chi connectivity index (χ2v) is 10.2. The zero-order valence-corrected chi connectivity index (χ0v) is 21.2. The minimum atomic E-state index is -0.105. The SMILES string of the molecule is O=C(CSc1nnc(Cn2c(=O)sc3ccccc32)n1CCCc1ccccc1)Nc1ccccc1. The molecule has 0 aliphatic heterocycles. The Balaban J connectivity index is 1.34. The summed E-state index contributed by atoms with van der Waals surface area (Å²) in [6, 6.07) is 27.5. The molecule has 182 valence electrons. The number of anilines is 1. The Bertz CT molecular complexity index is 1510. The predicted octanol–water partition coefficient (Wildman–Crippen LogP) is 5.07. The van der Waals surface area contributed by atoms with Crippen molar-refractivity contribution in [3.8, 4) is 0 Å². The summed E-state index contributed by atoms with van der Waals surface area (Å²) in [6.45, 7) is 1.02. The lowest BCUT2D eigenvalue weighted by atomic mass is 10.1. The van der Waals surface area contributed by atoms with Crippen LogP contribution in [-0.2, 0) is 24.3 Å². The Labute approximate surface area is 216 Å². The zero-order chi connectivity index (χ0) is 24.7. The molecule has 5 aromatic rings. The number of carbonyl (C=O) groups excluding carboxylic acids is 1. The van der Waals surface area contributed by atoms with Gasteiger partial charge in [0.15, 0.2) is 11.0 Å². The Morgan fingerprint density at radius 3 is 2.42 bits per heavy atom. The number of rotatable bonds is 10. The molecule has 2 aromatic heterocycles. The first kappa shape index (κ1) is 24.0.